The smallest absolute Gasteiger partial charge is 0.268 e. The van der Waals surface area contributed by atoms with Crippen molar-refractivity contribution in [3.05, 3.63) is 36.4 Å². The molecular formula is C13H11N3O2S. The van der Waals surface area contributed by atoms with E-state index >= 15 is 0 Å². The van der Waals surface area contributed by atoms with Gasteiger partial charge in [-0.2, -0.15) is 4.98 Å². The van der Waals surface area contributed by atoms with Gasteiger partial charge in [-0.1, -0.05) is 5.16 Å². The van der Waals surface area contributed by atoms with E-state index in [4.69, 9.17) is 15.0 Å². The van der Waals surface area contributed by atoms with E-state index < -0.39 is 0 Å². The number of hydrogen-bond acceptors (Lipinski definition) is 6. The summed E-state index contributed by atoms with van der Waals surface area (Å²) in [5.74, 6) is 1.82. The molecule has 0 aliphatic carbocycles. The van der Waals surface area contributed by atoms with Gasteiger partial charge in [-0.15, -0.1) is 11.3 Å². The first-order valence-corrected chi connectivity index (χ1v) is 6.42. The van der Waals surface area contributed by atoms with Gasteiger partial charge in [-0.05, 0) is 36.4 Å². The molecule has 0 aliphatic heterocycles. The molecule has 2 N–H and O–H groups in total. The summed E-state index contributed by atoms with van der Waals surface area (Å²) in [6.45, 7) is 0. The number of benzene rings is 1. The molecule has 0 radical (unpaired) electrons. The minimum Gasteiger partial charge on any atom is -0.497 e. The maximum absolute atomic E-state index is 5.68. The largest absolute Gasteiger partial charge is 0.497 e. The Morgan fingerprint density at radius 2 is 1.95 bits per heavy atom. The number of anilines is 1. The molecule has 0 atom stereocenters. The number of aromatic nitrogens is 2. The fourth-order valence-electron chi connectivity index (χ4n) is 1.65. The van der Waals surface area contributed by atoms with Crippen LogP contribution in [0.4, 0.5) is 5.00 Å². The van der Waals surface area contributed by atoms with Crippen molar-refractivity contribution in [2.45, 2.75) is 0 Å². The van der Waals surface area contributed by atoms with Crippen LogP contribution in [0.1, 0.15) is 0 Å². The second kappa shape index (κ2) is 4.74. The summed E-state index contributed by atoms with van der Waals surface area (Å²) >= 11 is 1.42. The number of ether oxygens (including phenoxy) is 1. The minimum absolute atomic E-state index is 0.479. The van der Waals surface area contributed by atoms with Crippen LogP contribution in [0.25, 0.3) is 22.2 Å². The Hall–Kier alpha value is -2.34. The Morgan fingerprint density at radius 3 is 2.58 bits per heavy atom. The summed E-state index contributed by atoms with van der Waals surface area (Å²) in [5, 5.41) is 4.69. The lowest BCUT2D eigenvalue weighted by molar-refractivity contribution is 0.415. The molecule has 6 heteroatoms. The number of methoxy groups -OCH3 is 1. The number of nitrogens with zero attached hydrogens (tertiary/aromatic N) is 2. The van der Waals surface area contributed by atoms with Gasteiger partial charge >= 0.3 is 0 Å². The van der Waals surface area contributed by atoms with Crippen molar-refractivity contribution < 1.29 is 9.26 Å². The molecule has 0 unspecified atom stereocenters. The zero-order valence-electron chi connectivity index (χ0n) is 10.2. The molecule has 2 aromatic heterocycles. The highest BCUT2D eigenvalue weighted by molar-refractivity contribution is 7.19. The Morgan fingerprint density at radius 1 is 1.16 bits per heavy atom. The van der Waals surface area contributed by atoms with E-state index in [1.165, 1.54) is 11.3 Å². The molecule has 0 bridgehead atoms. The van der Waals surface area contributed by atoms with Crippen molar-refractivity contribution in [2.24, 2.45) is 0 Å². The highest BCUT2D eigenvalue weighted by Gasteiger charge is 2.12. The highest BCUT2D eigenvalue weighted by Crippen LogP contribution is 2.30. The van der Waals surface area contributed by atoms with E-state index in [-0.39, 0.29) is 0 Å². The summed E-state index contributed by atoms with van der Waals surface area (Å²) in [5.41, 5.74) is 6.56. The van der Waals surface area contributed by atoms with E-state index in [0.29, 0.717) is 11.7 Å². The van der Waals surface area contributed by atoms with E-state index in [0.717, 1.165) is 21.2 Å². The van der Waals surface area contributed by atoms with Crippen molar-refractivity contribution in [3.8, 4) is 27.9 Å². The van der Waals surface area contributed by atoms with Crippen molar-refractivity contribution >= 4 is 16.3 Å². The lowest BCUT2D eigenvalue weighted by Gasteiger charge is -1.98. The van der Waals surface area contributed by atoms with Gasteiger partial charge in [-0.25, -0.2) is 0 Å². The standard InChI is InChI=1S/C13H11N3O2S/c1-17-9-4-2-8(3-5-9)12-15-13(18-16-12)10-6-7-11(14)19-10/h2-7H,14H2,1H3. The molecule has 2 heterocycles. The predicted molar refractivity (Wildman–Crippen MR) is 74.0 cm³/mol. The van der Waals surface area contributed by atoms with E-state index in [9.17, 15) is 0 Å². The van der Waals surface area contributed by atoms with Crippen LogP contribution < -0.4 is 10.5 Å². The Labute approximate surface area is 113 Å². The van der Waals surface area contributed by atoms with E-state index in [2.05, 4.69) is 10.1 Å². The summed E-state index contributed by atoms with van der Waals surface area (Å²) in [7, 11) is 1.63. The van der Waals surface area contributed by atoms with Crippen LogP contribution in [-0.2, 0) is 0 Å². The van der Waals surface area contributed by atoms with E-state index in [1.807, 2.05) is 36.4 Å². The van der Waals surface area contributed by atoms with Crippen LogP contribution >= 0.6 is 11.3 Å². The number of hydrogen-bond donors (Lipinski definition) is 1. The van der Waals surface area contributed by atoms with Crippen LogP contribution in [0.3, 0.4) is 0 Å². The van der Waals surface area contributed by atoms with Gasteiger partial charge in [0.25, 0.3) is 5.89 Å². The first kappa shape index (κ1) is 11.7. The number of rotatable bonds is 3. The molecule has 0 saturated heterocycles. The maximum Gasteiger partial charge on any atom is 0.268 e. The Kier molecular flexibility index (Phi) is 2.92. The maximum atomic E-state index is 5.68. The zero-order chi connectivity index (χ0) is 13.2. The fraction of sp³-hybridized carbons (Fsp3) is 0.0769. The quantitative estimate of drug-likeness (QED) is 0.793. The van der Waals surface area contributed by atoms with Gasteiger partial charge in [0.05, 0.1) is 17.0 Å². The molecule has 3 rings (SSSR count). The molecule has 19 heavy (non-hydrogen) atoms. The van der Waals surface area contributed by atoms with Gasteiger partial charge < -0.3 is 15.0 Å². The number of nitrogen functional groups attached to an aromatic ring is 1. The lowest BCUT2D eigenvalue weighted by atomic mass is 10.2. The summed E-state index contributed by atoms with van der Waals surface area (Å²) in [6.07, 6.45) is 0. The third-order valence-electron chi connectivity index (χ3n) is 2.61. The summed E-state index contributed by atoms with van der Waals surface area (Å²) < 4.78 is 10.3. The van der Waals surface area contributed by atoms with E-state index in [1.54, 1.807) is 7.11 Å². The van der Waals surface area contributed by atoms with Gasteiger partial charge in [0.2, 0.25) is 5.82 Å². The molecule has 1 aromatic carbocycles. The van der Waals surface area contributed by atoms with Crippen LogP contribution in [0.2, 0.25) is 0 Å². The number of thiophene rings is 1. The zero-order valence-corrected chi connectivity index (χ0v) is 11.0. The molecule has 0 spiro atoms. The third-order valence-corrected chi connectivity index (χ3v) is 3.51. The van der Waals surface area contributed by atoms with Gasteiger partial charge in [-0.3, -0.25) is 0 Å². The molecule has 0 aliphatic rings. The molecule has 0 fully saturated rings. The SMILES string of the molecule is COc1ccc(-c2noc(-c3ccc(N)s3)n2)cc1. The van der Waals surface area contributed by atoms with Crippen LogP contribution in [0, 0.1) is 0 Å². The van der Waals surface area contributed by atoms with Crippen LogP contribution in [0.15, 0.2) is 40.9 Å². The first-order chi connectivity index (χ1) is 9.26. The normalized spacial score (nSPS) is 10.6. The molecule has 5 nitrogen and oxygen atoms in total. The van der Waals surface area contributed by atoms with Crippen LogP contribution in [-0.4, -0.2) is 17.3 Å². The second-order valence-electron chi connectivity index (χ2n) is 3.85. The molecule has 3 aromatic rings. The highest BCUT2D eigenvalue weighted by atomic mass is 32.1. The van der Waals surface area contributed by atoms with Crippen molar-refractivity contribution in [1.29, 1.82) is 0 Å². The fourth-order valence-corrected chi connectivity index (χ4v) is 2.34. The molecule has 96 valence electrons. The van der Waals surface area contributed by atoms with Gasteiger partial charge in [0, 0.05) is 5.56 Å². The van der Waals surface area contributed by atoms with Crippen molar-refractivity contribution in [3.63, 3.8) is 0 Å². The molecular weight excluding hydrogens is 262 g/mol. The van der Waals surface area contributed by atoms with Crippen LogP contribution in [0.5, 0.6) is 5.75 Å². The first-order valence-electron chi connectivity index (χ1n) is 5.60. The topological polar surface area (TPSA) is 74.2 Å². The predicted octanol–water partition coefficient (Wildman–Crippen LogP) is 3.06. The Balaban J connectivity index is 1.91. The second-order valence-corrected chi connectivity index (χ2v) is 4.97. The average Bonchev–Trinajstić information content (AvgIpc) is 3.07. The molecule has 0 saturated carbocycles. The number of nitrogens with two attached hydrogens (primary N) is 1. The monoisotopic (exact) mass is 273 g/mol. The molecule has 0 amide bonds. The van der Waals surface area contributed by atoms with Gasteiger partial charge in [0.1, 0.15) is 5.75 Å². The lowest BCUT2D eigenvalue weighted by Crippen LogP contribution is -1.84. The summed E-state index contributed by atoms with van der Waals surface area (Å²) in [4.78, 5) is 5.22. The Bertz CT molecular complexity index is 688. The van der Waals surface area contributed by atoms with Crippen molar-refractivity contribution in [1.82, 2.24) is 10.1 Å². The minimum atomic E-state index is 0.479. The summed E-state index contributed by atoms with van der Waals surface area (Å²) in [6, 6.07) is 11.2. The van der Waals surface area contributed by atoms with Crippen molar-refractivity contribution in [2.75, 3.05) is 12.8 Å². The third kappa shape index (κ3) is 2.30. The average molecular weight is 273 g/mol. The van der Waals surface area contributed by atoms with Gasteiger partial charge in [0.15, 0.2) is 0 Å².